The molecule has 2 fully saturated rings. The molecule has 1 aliphatic heterocycles. The van der Waals surface area contributed by atoms with Crippen molar-refractivity contribution in [3.05, 3.63) is 0 Å². The van der Waals surface area contributed by atoms with Crippen molar-refractivity contribution in [3.63, 3.8) is 0 Å². The van der Waals surface area contributed by atoms with Crippen LogP contribution in [0.3, 0.4) is 0 Å². The lowest BCUT2D eigenvalue weighted by Crippen LogP contribution is -2.49. The van der Waals surface area contributed by atoms with Gasteiger partial charge in [-0.1, -0.05) is 20.3 Å². The summed E-state index contributed by atoms with van der Waals surface area (Å²) < 4.78 is 0. The number of hydrogen-bond donors (Lipinski definition) is 1. The van der Waals surface area contributed by atoms with Gasteiger partial charge in [-0.3, -0.25) is 4.99 Å². The molecule has 2 rings (SSSR count). The normalized spacial score (nSPS) is 30.9. The SMILES string of the molecule is CC(C)CN=C(N)N1CCCC2CCCC21. The third kappa shape index (κ3) is 2.50. The van der Waals surface area contributed by atoms with Crippen molar-refractivity contribution in [1.82, 2.24) is 4.90 Å². The van der Waals surface area contributed by atoms with Crippen LogP contribution >= 0.6 is 0 Å². The number of likely N-dealkylation sites (tertiary alicyclic amines) is 1. The molecule has 1 aliphatic carbocycles. The van der Waals surface area contributed by atoms with Crippen LogP contribution < -0.4 is 5.73 Å². The maximum atomic E-state index is 6.13. The summed E-state index contributed by atoms with van der Waals surface area (Å²) in [6.07, 6.45) is 6.79. The van der Waals surface area contributed by atoms with Gasteiger partial charge >= 0.3 is 0 Å². The van der Waals surface area contributed by atoms with Gasteiger partial charge in [-0.05, 0) is 37.5 Å². The molecular weight excluding hydrogens is 198 g/mol. The fourth-order valence-corrected chi connectivity index (χ4v) is 3.11. The van der Waals surface area contributed by atoms with Crippen LogP contribution in [-0.2, 0) is 0 Å². The summed E-state index contributed by atoms with van der Waals surface area (Å²) in [5, 5.41) is 0. The van der Waals surface area contributed by atoms with Crippen molar-refractivity contribution >= 4 is 5.96 Å². The van der Waals surface area contributed by atoms with Gasteiger partial charge in [0.2, 0.25) is 0 Å². The standard InChI is InChI=1S/C13H25N3/c1-10(2)9-15-13(14)16-8-4-6-11-5-3-7-12(11)16/h10-12H,3-9H2,1-2H3,(H2,14,15). The van der Waals surface area contributed by atoms with Crippen molar-refractivity contribution in [2.75, 3.05) is 13.1 Å². The number of nitrogens with two attached hydrogens (primary N) is 1. The number of guanidine groups is 1. The Kier molecular flexibility index (Phi) is 3.72. The highest BCUT2D eigenvalue weighted by Crippen LogP contribution is 2.36. The second-order valence-corrected chi connectivity index (χ2v) is 5.69. The van der Waals surface area contributed by atoms with Crippen molar-refractivity contribution in [3.8, 4) is 0 Å². The summed E-state index contributed by atoms with van der Waals surface area (Å²) >= 11 is 0. The maximum Gasteiger partial charge on any atom is 0.191 e. The molecule has 0 aromatic rings. The Morgan fingerprint density at radius 2 is 2.06 bits per heavy atom. The first-order valence-electron chi connectivity index (χ1n) is 6.75. The minimum atomic E-state index is 0.600. The summed E-state index contributed by atoms with van der Waals surface area (Å²) in [6, 6.07) is 0.699. The van der Waals surface area contributed by atoms with Crippen LogP contribution in [0, 0.1) is 11.8 Å². The van der Waals surface area contributed by atoms with Gasteiger partial charge in [0.1, 0.15) is 0 Å². The van der Waals surface area contributed by atoms with Gasteiger partial charge in [0.05, 0.1) is 0 Å². The van der Waals surface area contributed by atoms with Crippen LogP contribution in [0.15, 0.2) is 4.99 Å². The first-order valence-corrected chi connectivity index (χ1v) is 6.75. The Balaban J connectivity index is 1.99. The molecule has 16 heavy (non-hydrogen) atoms. The summed E-state index contributed by atoms with van der Waals surface area (Å²) in [7, 11) is 0. The van der Waals surface area contributed by atoms with Gasteiger partial charge in [-0.2, -0.15) is 0 Å². The molecule has 0 aromatic carbocycles. The second-order valence-electron chi connectivity index (χ2n) is 5.69. The van der Waals surface area contributed by atoms with Crippen molar-refractivity contribution in [1.29, 1.82) is 0 Å². The van der Waals surface area contributed by atoms with Crippen LogP contribution in [0.25, 0.3) is 0 Å². The van der Waals surface area contributed by atoms with Crippen molar-refractivity contribution < 1.29 is 0 Å². The third-order valence-corrected chi connectivity index (χ3v) is 3.91. The van der Waals surface area contributed by atoms with E-state index in [-0.39, 0.29) is 0 Å². The van der Waals surface area contributed by atoms with Crippen LogP contribution in [0.2, 0.25) is 0 Å². The Bertz CT molecular complexity index is 260. The molecule has 92 valence electrons. The number of hydrogen-bond acceptors (Lipinski definition) is 1. The average Bonchev–Trinajstić information content (AvgIpc) is 2.73. The summed E-state index contributed by atoms with van der Waals surface area (Å²) in [4.78, 5) is 6.91. The fourth-order valence-electron chi connectivity index (χ4n) is 3.11. The zero-order valence-corrected chi connectivity index (χ0v) is 10.7. The minimum absolute atomic E-state index is 0.600. The molecule has 0 bridgehead atoms. The predicted molar refractivity (Wildman–Crippen MR) is 68.4 cm³/mol. The van der Waals surface area contributed by atoms with Gasteiger partial charge in [0, 0.05) is 19.1 Å². The van der Waals surface area contributed by atoms with Crippen LogP contribution in [-0.4, -0.2) is 30.0 Å². The minimum Gasteiger partial charge on any atom is -0.370 e. The van der Waals surface area contributed by atoms with E-state index in [1.165, 1.54) is 32.1 Å². The lowest BCUT2D eigenvalue weighted by Gasteiger charge is -2.38. The van der Waals surface area contributed by atoms with Gasteiger partial charge in [0.25, 0.3) is 0 Å². The monoisotopic (exact) mass is 223 g/mol. The zero-order valence-electron chi connectivity index (χ0n) is 10.7. The Hall–Kier alpha value is -0.730. The van der Waals surface area contributed by atoms with E-state index in [1.807, 2.05) is 0 Å². The number of piperidine rings is 1. The van der Waals surface area contributed by atoms with Gasteiger partial charge in [-0.25, -0.2) is 0 Å². The molecule has 1 heterocycles. The number of aliphatic imine (C=N–C) groups is 1. The van der Waals surface area contributed by atoms with E-state index in [1.54, 1.807) is 0 Å². The van der Waals surface area contributed by atoms with Gasteiger partial charge in [-0.15, -0.1) is 0 Å². The first kappa shape index (κ1) is 11.7. The topological polar surface area (TPSA) is 41.6 Å². The molecule has 2 aliphatic rings. The molecule has 0 aromatic heterocycles. The Morgan fingerprint density at radius 3 is 2.81 bits per heavy atom. The number of fused-ring (bicyclic) bond motifs is 1. The highest BCUT2D eigenvalue weighted by Gasteiger charge is 2.35. The van der Waals surface area contributed by atoms with Gasteiger partial charge in [0.15, 0.2) is 5.96 Å². The van der Waals surface area contributed by atoms with Crippen molar-refractivity contribution in [2.24, 2.45) is 22.6 Å². The maximum absolute atomic E-state index is 6.13. The summed E-state index contributed by atoms with van der Waals surface area (Å²) in [5.74, 6) is 2.29. The Labute approximate surface area is 99.1 Å². The highest BCUT2D eigenvalue weighted by molar-refractivity contribution is 5.78. The van der Waals surface area contributed by atoms with Crippen LogP contribution in [0.5, 0.6) is 0 Å². The molecule has 1 saturated carbocycles. The third-order valence-electron chi connectivity index (χ3n) is 3.91. The van der Waals surface area contributed by atoms with Crippen molar-refractivity contribution in [2.45, 2.75) is 52.0 Å². The molecule has 3 heteroatoms. The van der Waals surface area contributed by atoms with E-state index in [2.05, 4.69) is 23.7 Å². The molecule has 2 unspecified atom stereocenters. The van der Waals surface area contributed by atoms with E-state index in [0.29, 0.717) is 12.0 Å². The molecule has 1 saturated heterocycles. The molecule has 0 amide bonds. The quantitative estimate of drug-likeness (QED) is 0.576. The Morgan fingerprint density at radius 1 is 1.31 bits per heavy atom. The molecule has 2 N–H and O–H groups in total. The number of nitrogens with zero attached hydrogens (tertiary/aromatic N) is 2. The van der Waals surface area contributed by atoms with E-state index in [4.69, 9.17) is 5.73 Å². The smallest absolute Gasteiger partial charge is 0.191 e. The van der Waals surface area contributed by atoms with Crippen LogP contribution in [0.4, 0.5) is 0 Å². The largest absolute Gasteiger partial charge is 0.370 e. The van der Waals surface area contributed by atoms with E-state index >= 15 is 0 Å². The molecule has 2 atom stereocenters. The molecular formula is C13H25N3. The molecule has 0 radical (unpaired) electrons. The first-order chi connectivity index (χ1) is 7.68. The van der Waals surface area contributed by atoms with E-state index in [9.17, 15) is 0 Å². The second kappa shape index (κ2) is 5.07. The number of rotatable bonds is 2. The lowest BCUT2D eigenvalue weighted by molar-refractivity contribution is 0.189. The summed E-state index contributed by atoms with van der Waals surface area (Å²) in [5.41, 5.74) is 6.13. The van der Waals surface area contributed by atoms with Gasteiger partial charge < -0.3 is 10.6 Å². The van der Waals surface area contributed by atoms with Crippen LogP contribution in [0.1, 0.15) is 46.0 Å². The lowest BCUT2D eigenvalue weighted by atomic mass is 9.92. The molecule has 3 nitrogen and oxygen atoms in total. The molecule has 0 spiro atoms. The fraction of sp³-hybridized carbons (Fsp3) is 0.923. The summed E-state index contributed by atoms with van der Waals surface area (Å²) in [6.45, 7) is 6.35. The zero-order chi connectivity index (χ0) is 11.5. The van der Waals surface area contributed by atoms with E-state index in [0.717, 1.165) is 25.0 Å². The van der Waals surface area contributed by atoms with E-state index < -0.39 is 0 Å². The average molecular weight is 223 g/mol. The highest BCUT2D eigenvalue weighted by atomic mass is 15.3. The predicted octanol–water partition coefficient (Wildman–Crippen LogP) is 2.22.